The van der Waals surface area contributed by atoms with Crippen molar-refractivity contribution in [3.63, 3.8) is 0 Å². The van der Waals surface area contributed by atoms with Crippen molar-refractivity contribution in [1.82, 2.24) is 10.5 Å². The van der Waals surface area contributed by atoms with Crippen molar-refractivity contribution in [2.75, 3.05) is 6.54 Å². The van der Waals surface area contributed by atoms with Crippen molar-refractivity contribution in [3.05, 3.63) is 29.3 Å². The summed E-state index contributed by atoms with van der Waals surface area (Å²) >= 11 is 1.49. The number of nitrogens with zero attached hydrogens (tertiary/aromatic N) is 1. The van der Waals surface area contributed by atoms with E-state index in [-0.39, 0.29) is 12.2 Å². The van der Waals surface area contributed by atoms with Crippen LogP contribution in [0.2, 0.25) is 0 Å². The van der Waals surface area contributed by atoms with E-state index in [4.69, 9.17) is 9.63 Å². The average molecular weight is 292 g/mol. The summed E-state index contributed by atoms with van der Waals surface area (Å²) < 4.78 is 5.11. The van der Waals surface area contributed by atoms with Crippen molar-refractivity contribution >= 4 is 23.2 Å². The number of hydrogen-bond acceptors (Lipinski definition) is 5. The van der Waals surface area contributed by atoms with Crippen LogP contribution in [0.25, 0.3) is 10.6 Å². The first-order chi connectivity index (χ1) is 9.61. The molecule has 3 rings (SSSR count). The van der Waals surface area contributed by atoms with E-state index in [2.05, 4.69) is 10.5 Å². The molecule has 0 radical (unpaired) electrons. The third kappa shape index (κ3) is 2.32. The van der Waals surface area contributed by atoms with Crippen molar-refractivity contribution < 1.29 is 19.2 Å². The summed E-state index contributed by atoms with van der Waals surface area (Å²) in [4.78, 5) is 23.8. The van der Waals surface area contributed by atoms with Crippen LogP contribution in [0, 0.1) is 5.41 Å². The van der Waals surface area contributed by atoms with Crippen LogP contribution in [0.1, 0.15) is 23.3 Å². The van der Waals surface area contributed by atoms with Crippen molar-refractivity contribution in [2.45, 2.75) is 12.8 Å². The Kier molecular flexibility index (Phi) is 3.06. The standard InChI is InChI=1S/C13H12N2O4S/c16-11(14-7-13(3-4-13)12(17)18)8-6-9(19-15-8)10-2-1-5-20-10/h1-2,5-6H,3-4,7H2,(H,14,16)(H,17,18). The molecule has 2 N–H and O–H groups in total. The van der Waals surface area contributed by atoms with E-state index in [1.54, 1.807) is 6.07 Å². The molecule has 0 spiro atoms. The van der Waals surface area contributed by atoms with Crippen LogP contribution in [0.4, 0.5) is 0 Å². The van der Waals surface area contributed by atoms with E-state index in [0.717, 1.165) is 4.88 Å². The van der Waals surface area contributed by atoms with E-state index in [0.29, 0.717) is 18.6 Å². The molecule has 0 bridgehead atoms. The fourth-order valence-corrected chi connectivity index (χ4v) is 2.55. The van der Waals surface area contributed by atoms with Crippen LogP contribution in [-0.4, -0.2) is 28.7 Å². The molecule has 1 saturated carbocycles. The van der Waals surface area contributed by atoms with Gasteiger partial charge in [0.25, 0.3) is 5.91 Å². The smallest absolute Gasteiger partial charge is 0.311 e. The molecular formula is C13H12N2O4S. The minimum Gasteiger partial charge on any atom is -0.481 e. The molecule has 2 heterocycles. The molecule has 1 aliphatic rings. The highest BCUT2D eigenvalue weighted by Crippen LogP contribution is 2.45. The lowest BCUT2D eigenvalue weighted by molar-refractivity contribution is -0.143. The van der Waals surface area contributed by atoms with Gasteiger partial charge in [-0.25, -0.2) is 0 Å². The van der Waals surface area contributed by atoms with Crippen LogP contribution in [0.5, 0.6) is 0 Å². The first-order valence-electron chi connectivity index (χ1n) is 6.13. The summed E-state index contributed by atoms with van der Waals surface area (Å²) in [5.74, 6) is -0.745. The van der Waals surface area contributed by atoms with Gasteiger partial charge < -0.3 is 14.9 Å². The monoisotopic (exact) mass is 292 g/mol. The van der Waals surface area contributed by atoms with Crippen LogP contribution >= 0.6 is 11.3 Å². The Bertz CT molecular complexity index is 643. The molecule has 0 aliphatic heterocycles. The van der Waals surface area contributed by atoms with Gasteiger partial charge in [0.05, 0.1) is 10.3 Å². The minimum absolute atomic E-state index is 0.127. The molecule has 20 heavy (non-hydrogen) atoms. The van der Waals surface area contributed by atoms with Crippen molar-refractivity contribution in [3.8, 4) is 10.6 Å². The summed E-state index contributed by atoms with van der Waals surface area (Å²) in [5, 5.41) is 17.2. The van der Waals surface area contributed by atoms with E-state index in [9.17, 15) is 9.59 Å². The second kappa shape index (κ2) is 4.75. The molecule has 1 amide bonds. The zero-order chi connectivity index (χ0) is 14.2. The highest BCUT2D eigenvalue weighted by atomic mass is 32.1. The largest absolute Gasteiger partial charge is 0.481 e. The Morgan fingerprint density at radius 3 is 2.90 bits per heavy atom. The van der Waals surface area contributed by atoms with Gasteiger partial charge in [-0.15, -0.1) is 11.3 Å². The lowest BCUT2D eigenvalue weighted by Gasteiger charge is -2.09. The molecule has 0 aromatic carbocycles. The zero-order valence-corrected chi connectivity index (χ0v) is 11.3. The molecule has 1 fully saturated rings. The summed E-state index contributed by atoms with van der Waals surface area (Å²) in [5.41, 5.74) is -0.620. The van der Waals surface area contributed by atoms with Gasteiger partial charge in [-0.05, 0) is 24.3 Å². The maximum absolute atomic E-state index is 11.9. The number of carbonyl (C=O) groups is 2. The van der Waals surface area contributed by atoms with E-state index in [1.807, 2.05) is 17.5 Å². The Morgan fingerprint density at radius 2 is 2.30 bits per heavy atom. The van der Waals surface area contributed by atoms with Gasteiger partial charge in [0, 0.05) is 12.6 Å². The van der Waals surface area contributed by atoms with E-state index >= 15 is 0 Å². The van der Waals surface area contributed by atoms with Gasteiger partial charge >= 0.3 is 5.97 Å². The first kappa shape index (κ1) is 12.9. The number of hydrogen-bond donors (Lipinski definition) is 2. The molecule has 7 heteroatoms. The second-order valence-electron chi connectivity index (χ2n) is 4.82. The van der Waals surface area contributed by atoms with Crippen molar-refractivity contribution in [1.29, 1.82) is 0 Å². The van der Waals surface area contributed by atoms with Gasteiger partial charge in [0.2, 0.25) is 0 Å². The molecule has 6 nitrogen and oxygen atoms in total. The summed E-state index contributed by atoms with van der Waals surface area (Å²) in [6, 6.07) is 5.31. The number of carbonyl (C=O) groups excluding carboxylic acids is 1. The topological polar surface area (TPSA) is 92.4 Å². The Labute approximate surface area is 118 Å². The number of nitrogens with one attached hydrogen (secondary N) is 1. The fourth-order valence-electron chi connectivity index (χ4n) is 1.87. The number of aromatic nitrogens is 1. The summed E-state index contributed by atoms with van der Waals surface area (Å²) in [6.07, 6.45) is 1.20. The quantitative estimate of drug-likeness (QED) is 0.879. The zero-order valence-electron chi connectivity index (χ0n) is 10.5. The predicted molar refractivity (Wildman–Crippen MR) is 71.5 cm³/mol. The lowest BCUT2D eigenvalue weighted by Crippen LogP contribution is -2.34. The summed E-state index contributed by atoms with van der Waals surface area (Å²) in [6.45, 7) is 0.127. The molecule has 0 unspecified atom stereocenters. The van der Waals surface area contributed by atoms with Crippen molar-refractivity contribution in [2.24, 2.45) is 5.41 Å². The number of thiophene rings is 1. The number of rotatable bonds is 5. The molecule has 2 aromatic heterocycles. The third-order valence-electron chi connectivity index (χ3n) is 3.40. The molecule has 1 aliphatic carbocycles. The normalized spacial score (nSPS) is 15.8. The lowest BCUT2D eigenvalue weighted by atomic mass is 10.1. The number of amides is 1. The Balaban J connectivity index is 1.65. The maximum Gasteiger partial charge on any atom is 0.311 e. The molecular weight excluding hydrogens is 280 g/mol. The van der Waals surface area contributed by atoms with Gasteiger partial charge in [-0.3, -0.25) is 9.59 Å². The third-order valence-corrected chi connectivity index (χ3v) is 4.29. The van der Waals surface area contributed by atoms with Gasteiger partial charge in [0.15, 0.2) is 11.5 Å². The number of carboxylic acid groups (broad SMARTS) is 1. The average Bonchev–Trinajstić information content (AvgIpc) is 2.87. The molecule has 0 saturated heterocycles. The van der Waals surface area contributed by atoms with Crippen LogP contribution < -0.4 is 5.32 Å². The molecule has 2 aromatic rings. The van der Waals surface area contributed by atoms with E-state index in [1.165, 1.54) is 11.3 Å². The Hall–Kier alpha value is -2.15. The highest BCUT2D eigenvalue weighted by Gasteiger charge is 2.50. The summed E-state index contributed by atoms with van der Waals surface area (Å²) in [7, 11) is 0. The SMILES string of the molecule is O=C(NCC1(C(=O)O)CC1)c1cc(-c2cccs2)on1. The van der Waals surface area contributed by atoms with Crippen LogP contribution in [0.3, 0.4) is 0 Å². The Morgan fingerprint density at radius 1 is 1.50 bits per heavy atom. The highest BCUT2D eigenvalue weighted by molar-refractivity contribution is 7.13. The predicted octanol–water partition coefficient (Wildman–Crippen LogP) is 2.00. The molecule has 104 valence electrons. The number of carboxylic acids is 1. The van der Waals surface area contributed by atoms with Gasteiger partial charge in [-0.1, -0.05) is 11.2 Å². The van der Waals surface area contributed by atoms with Gasteiger partial charge in [0.1, 0.15) is 0 Å². The first-order valence-corrected chi connectivity index (χ1v) is 7.01. The molecule has 0 atom stereocenters. The number of aliphatic carboxylic acids is 1. The van der Waals surface area contributed by atoms with Gasteiger partial charge in [-0.2, -0.15) is 0 Å². The second-order valence-corrected chi connectivity index (χ2v) is 5.77. The maximum atomic E-state index is 11.9. The van der Waals surface area contributed by atoms with E-state index < -0.39 is 17.3 Å². The van der Waals surface area contributed by atoms with Crippen LogP contribution in [-0.2, 0) is 4.79 Å². The minimum atomic E-state index is -0.864. The fraction of sp³-hybridized carbons (Fsp3) is 0.308. The van der Waals surface area contributed by atoms with Crippen LogP contribution in [0.15, 0.2) is 28.1 Å².